The predicted octanol–water partition coefficient (Wildman–Crippen LogP) is 2.82. The molecule has 0 spiro atoms. The topological polar surface area (TPSA) is 44.9 Å². The van der Waals surface area contributed by atoms with Gasteiger partial charge in [0.1, 0.15) is 0 Å². The van der Waals surface area contributed by atoms with Gasteiger partial charge in [0.05, 0.1) is 18.7 Å². The molecule has 0 bridgehead atoms. The maximum Gasteiger partial charge on any atom is 0.0640 e. The first-order valence-electron chi connectivity index (χ1n) is 6.51. The van der Waals surface area contributed by atoms with Crippen LogP contribution in [-0.4, -0.2) is 16.3 Å². The van der Waals surface area contributed by atoms with E-state index in [1.807, 2.05) is 29.1 Å². The van der Waals surface area contributed by atoms with E-state index in [1.54, 1.807) is 0 Å². The zero-order valence-corrected chi connectivity index (χ0v) is 11.2. The molecule has 4 nitrogen and oxygen atoms in total. The molecule has 19 heavy (non-hydrogen) atoms. The Balaban J connectivity index is 2.12. The number of hydrogen-bond donors (Lipinski definition) is 0. The van der Waals surface area contributed by atoms with Crippen molar-refractivity contribution in [2.24, 2.45) is 0 Å². The molecule has 1 aromatic carbocycles. The molecule has 2 aromatic rings. The van der Waals surface area contributed by atoms with Gasteiger partial charge in [-0.3, -0.25) is 4.68 Å². The molecule has 1 aromatic heterocycles. The van der Waals surface area contributed by atoms with Crippen molar-refractivity contribution in [2.45, 2.75) is 26.4 Å². The fraction of sp³-hybridized carbons (Fsp3) is 0.333. The van der Waals surface area contributed by atoms with Crippen LogP contribution in [0.3, 0.4) is 0 Å². The van der Waals surface area contributed by atoms with Crippen LogP contribution >= 0.6 is 0 Å². The van der Waals surface area contributed by atoms with Crippen LogP contribution in [0.25, 0.3) is 0 Å². The molecule has 98 valence electrons. The Morgan fingerprint density at radius 1 is 1.32 bits per heavy atom. The average Bonchev–Trinajstić information content (AvgIpc) is 2.92. The molecular weight excluding hydrogens is 236 g/mol. The summed E-state index contributed by atoms with van der Waals surface area (Å²) in [5, 5.41) is 13.1. The summed E-state index contributed by atoms with van der Waals surface area (Å²) < 4.78 is 1.92. The highest BCUT2D eigenvalue weighted by atomic mass is 15.3. The lowest BCUT2D eigenvalue weighted by Gasteiger charge is -2.23. The van der Waals surface area contributed by atoms with Gasteiger partial charge in [0.15, 0.2) is 0 Å². The summed E-state index contributed by atoms with van der Waals surface area (Å²) >= 11 is 0. The van der Waals surface area contributed by atoms with Gasteiger partial charge in [-0.2, -0.15) is 10.4 Å². The quantitative estimate of drug-likeness (QED) is 0.796. The number of aryl methyl sites for hydroxylation is 1. The number of aromatic nitrogens is 2. The third-order valence-electron chi connectivity index (χ3n) is 3.00. The molecule has 0 aliphatic carbocycles. The van der Waals surface area contributed by atoms with E-state index in [4.69, 9.17) is 5.26 Å². The van der Waals surface area contributed by atoms with Crippen molar-refractivity contribution in [1.29, 1.82) is 5.26 Å². The minimum absolute atomic E-state index is 0.525. The van der Waals surface area contributed by atoms with Crippen molar-refractivity contribution >= 4 is 5.69 Å². The molecule has 4 heteroatoms. The van der Waals surface area contributed by atoms with Crippen LogP contribution in [0.4, 0.5) is 5.69 Å². The van der Waals surface area contributed by atoms with Gasteiger partial charge in [-0.25, -0.2) is 0 Å². The second-order valence-corrected chi connectivity index (χ2v) is 4.37. The highest BCUT2D eigenvalue weighted by molar-refractivity contribution is 5.46. The molecule has 0 atom stereocenters. The highest BCUT2D eigenvalue weighted by Crippen LogP contribution is 2.16. The first-order chi connectivity index (χ1) is 9.33. The van der Waals surface area contributed by atoms with Gasteiger partial charge in [-0.05, 0) is 19.1 Å². The molecule has 0 aliphatic heterocycles. The fourth-order valence-corrected chi connectivity index (χ4v) is 2.00. The second kappa shape index (κ2) is 6.60. The maximum atomic E-state index is 8.78. The first kappa shape index (κ1) is 13.2. The molecule has 1 heterocycles. The summed E-state index contributed by atoms with van der Waals surface area (Å²) in [6.45, 7) is 4.47. The number of nitrogens with zero attached hydrogens (tertiary/aromatic N) is 4. The minimum Gasteiger partial charge on any atom is -0.366 e. The first-order valence-corrected chi connectivity index (χ1v) is 6.51. The van der Waals surface area contributed by atoms with E-state index in [-0.39, 0.29) is 0 Å². The number of para-hydroxylation sites is 1. The number of nitriles is 1. The van der Waals surface area contributed by atoms with Crippen molar-refractivity contribution in [3.8, 4) is 6.07 Å². The van der Waals surface area contributed by atoms with Crippen molar-refractivity contribution in [3.63, 3.8) is 0 Å². The summed E-state index contributed by atoms with van der Waals surface area (Å²) in [7, 11) is 0. The van der Waals surface area contributed by atoms with E-state index in [9.17, 15) is 0 Å². The number of anilines is 1. The van der Waals surface area contributed by atoms with Crippen LogP contribution in [0, 0.1) is 11.3 Å². The summed E-state index contributed by atoms with van der Waals surface area (Å²) in [6.07, 6.45) is 4.48. The van der Waals surface area contributed by atoms with E-state index >= 15 is 0 Å². The van der Waals surface area contributed by atoms with Crippen LogP contribution in [0.15, 0.2) is 42.7 Å². The molecule has 0 fully saturated rings. The number of rotatable bonds is 6. The monoisotopic (exact) mass is 254 g/mol. The van der Waals surface area contributed by atoms with E-state index < -0.39 is 0 Å². The summed E-state index contributed by atoms with van der Waals surface area (Å²) in [4.78, 5) is 2.21. The Hall–Kier alpha value is -2.28. The normalized spacial score (nSPS) is 10.1. The molecule has 0 N–H and O–H groups in total. The van der Waals surface area contributed by atoms with Crippen LogP contribution in [0.5, 0.6) is 0 Å². The van der Waals surface area contributed by atoms with Crippen LogP contribution < -0.4 is 4.90 Å². The number of benzene rings is 1. The second-order valence-electron chi connectivity index (χ2n) is 4.37. The molecular formula is C15H18N4. The summed E-state index contributed by atoms with van der Waals surface area (Å²) in [5.41, 5.74) is 2.31. The Labute approximate surface area is 113 Å². The largest absolute Gasteiger partial charge is 0.366 e. The van der Waals surface area contributed by atoms with Crippen LogP contribution in [0.1, 0.15) is 18.9 Å². The Morgan fingerprint density at radius 2 is 2.11 bits per heavy atom. The van der Waals surface area contributed by atoms with Gasteiger partial charge < -0.3 is 4.90 Å². The summed E-state index contributed by atoms with van der Waals surface area (Å²) in [5.74, 6) is 0. The molecule has 0 saturated heterocycles. The third-order valence-corrected chi connectivity index (χ3v) is 3.00. The minimum atomic E-state index is 0.525. The highest BCUT2D eigenvalue weighted by Gasteiger charge is 2.08. The third kappa shape index (κ3) is 3.59. The van der Waals surface area contributed by atoms with Gasteiger partial charge >= 0.3 is 0 Å². The molecule has 0 unspecified atom stereocenters. The Kier molecular flexibility index (Phi) is 4.57. The van der Waals surface area contributed by atoms with Gasteiger partial charge in [-0.15, -0.1) is 0 Å². The fourth-order valence-electron chi connectivity index (χ4n) is 2.00. The zero-order chi connectivity index (χ0) is 13.5. The van der Waals surface area contributed by atoms with Crippen molar-refractivity contribution < 1.29 is 0 Å². The van der Waals surface area contributed by atoms with Gasteiger partial charge in [-0.1, -0.05) is 18.2 Å². The maximum absolute atomic E-state index is 8.78. The summed E-state index contributed by atoms with van der Waals surface area (Å²) in [6, 6.07) is 12.4. The van der Waals surface area contributed by atoms with E-state index in [0.29, 0.717) is 6.42 Å². The van der Waals surface area contributed by atoms with Gasteiger partial charge in [0.2, 0.25) is 0 Å². The molecule has 0 saturated carbocycles. The molecule has 0 radical (unpaired) electrons. The van der Waals surface area contributed by atoms with Crippen molar-refractivity contribution in [2.75, 3.05) is 11.4 Å². The smallest absolute Gasteiger partial charge is 0.0640 e. The van der Waals surface area contributed by atoms with Crippen molar-refractivity contribution in [1.82, 2.24) is 9.78 Å². The SMILES string of the molecule is CCn1cc(CN(CCC#N)c2ccccc2)cn1. The standard InChI is InChI=1S/C15H18N4/c1-2-19-13-14(11-17-19)12-18(10-6-9-16)15-7-4-3-5-8-15/h3-5,7-8,11,13H,2,6,10,12H2,1H3. The lowest BCUT2D eigenvalue weighted by atomic mass is 10.2. The van der Waals surface area contributed by atoms with E-state index in [1.165, 1.54) is 5.56 Å². The average molecular weight is 254 g/mol. The van der Waals surface area contributed by atoms with E-state index in [2.05, 4.69) is 41.3 Å². The van der Waals surface area contributed by atoms with Crippen molar-refractivity contribution in [3.05, 3.63) is 48.3 Å². The molecule has 0 amide bonds. The Morgan fingerprint density at radius 3 is 2.74 bits per heavy atom. The number of hydrogen-bond acceptors (Lipinski definition) is 3. The van der Waals surface area contributed by atoms with Crippen LogP contribution in [-0.2, 0) is 13.1 Å². The zero-order valence-electron chi connectivity index (χ0n) is 11.2. The van der Waals surface area contributed by atoms with Crippen LogP contribution in [0.2, 0.25) is 0 Å². The van der Waals surface area contributed by atoms with Gasteiger partial charge in [0.25, 0.3) is 0 Å². The molecule has 0 aliphatic rings. The Bertz CT molecular complexity index is 539. The van der Waals surface area contributed by atoms with E-state index in [0.717, 1.165) is 25.3 Å². The predicted molar refractivity (Wildman–Crippen MR) is 75.6 cm³/mol. The lowest BCUT2D eigenvalue weighted by molar-refractivity contribution is 0.658. The van der Waals surface area contributed by atoms with Gasteiger partial charge in [0, 0.05) is 37.1 Å². The lowest BCUT2D eigenvalue weighted by Crippen LogP contribution is -2.23. The molecule has 2 rings (SSSR count).